The number of aromatic nitrogens is 3. The van der Waals surface area contributed by atoms with Crippen molar-refractivity contribution < 1.29 is 9.59 Å². The zero-order valence-corrected chi connectivity index (χ0v) is 15.1. The Morgan fingerprint density at radius 1 is 0.857 bits per heavy atom. The second kappa shape index (κ2) is 7.32. The third kappa shape index (κ3) is 3.33. The molecule has 4 aromatic rings. The van der Waals surface area contributed by atoms with Crippen LogP contribution in [-0.4, -0.2) is 26.3 Å². The Hall–Kier alpha value is -4.00. The molecule has 4 rings (SSSR count). The van der Waals surface area contributed by atoms with E-state index < -0.39 is 11.8 Å². The van der Waals surface area contributed by atoms with Gasteiger partial charge in [-0.15, -0.1) is 0 Å². The smallest absolute Gasteiger partial charge is 0.269 e. The largest absolute Gasteiger partial charge is 0.297 e. The third-order valence-electron chi connectivity index (χ3n) is 4.33. The van der Waals surface area contributed by atoms with Gasteiger partial charge >= 0.3 is 0 Å². The van der Waals surface area contributed by atoms with Crippen molar-refractivity contribution in [3.63, 3.8) is 0 Å². The van der Waals surface area contributed by atoms with E-state index in [-0.39, 0.29) is 0 Å². The highest BCUT2D eigenvalue weighted by Crippen LogP contribution is 2.22. The van der Waals surface area contributed by atoms with Crippen molar-refractivity contribution in [3.8, 4) is 5.69 Å². The van der Waals surface area contributed by atoms with Gasteiger partial charge < -0.3 is 0 Å². The first-order valence-corrected chi connectivity index (χ1v) is 8.69. The van der Waals surface area contributed by atoms with Crippen LogP contribution in [0.25, 0.3) is 16.7 Å². The van der Waals surface area contributed by atoms with Gasteiger partial charge in [0, 0.05) is 29.2 Å². The van der Waals surface area contributed by atoms with Gasteiger partial charge in [0.2, 0.25) is 0 Å². The SMILES string of the molecule is Cc1nc2cc(C(=O)NNC(=O)c3ccncc3)ccc2n1-c1ccccc1. The fourth-order valence-electron chi connectivity index (χ4n) is 3.01. The Kier molecular flexibility index (Phi) is 4.55. The summed E-state index contributed by atoms with van der Waals surface area (Å²) in [5.74, 6) is -0.0120. The van der Waals surface area contributed by atoms with Crippen LogP contribution in [0.3, 0.4) is 0 Å². The van der Waals surface area contributed by atoms with Crippen LogP contribution < -0.4 is 10.9 Å². The van der Waals surface area contributed by atoms with Crippen LogP contribution in [0.5, 0.6) is 0 Å². The Bertz CT molecular complexity index is 1150. The summed E-state index contributed by atoms with van der Waals surface area (Å²) in [5, 5.41) is 0. The highest BCUT2D eigenvalue weighted by Gasteiger charge is 2.13. The van der Waals surface area contributed by atoms with Crippen LogP contribution in [0.4, 0.5) is 0 Å². The standard InChI is InChI=1S/C21H17N5O2/c1-14-23-18-13-16(7-8-19(18)26(14)17-5-3-2-4-6-17)21(28)25-24-20(27)15-9-11-22-12-10-15/h2-13H,1H3,(H,24,27)(H,25,28). The summed E-state index contributed by atoms with van der Waals surface area (Å²) >= 11 is 0. The number of aryl methyl sites for hydroxylation is 1. The van der Waals surface area contributed by atoms with Crippen LogP contribution in [0, 0.1) is 6.92 Å². The third-order valence-corrected chi connectivity index (χ3v) is 4.33. The number of nitrogens with zero attached hydrogens (tertiary/aromatic N) is 3. The molecule has 2 aromatic carbocycles. The number of hydrogen-bond acceptors (Lipinski definition) is 4. The summed E-state index contributed by atoms with van der Waals surface area (Å²) in [6.07, 6.45) is 3.02. The van der Waals surface area contributed by atoms with Gasteiger partial charge in [0.05, 0.1) is 11.0 Å². The molecule has 0 aliphatic carbocycles. The van der Waals surface area contributed by atoms with Gasteiger partial charge in [0.15, 0.2) is 0 Å². The van der Waals surface area contributed by atoms with Crippen molar-refractivity contribution in [3.05, 3.63) is 90.0 Å². The quantitative estimate of drug-likeness (QED) is 0.542. The fourth-order valence-corrected chi connectivity index (χ4v) is 3.01. The first-order valence-electron chi connectivity index (χ1n) is 8.69. The van der Waals surface area contributed by atoms with Gasteiger partial charge in [0.25, 0.3) is 11.8 Å². The molecule has 0 unspecified atom stereocenters. The number of carbonyl (C=O) groups excluding carboxylic acids is 2. The molecule has 0 fully saturated rings. The predicted octanol–water partition coefficient (Wildman–Crippen LogP) is 2.80. The van der Waals surface area contributed by atoms with Crippen molar-refractivity contribution in [2.24, 2.45) is 0 Å². The number of rotatable bonds is 3. The van der Waals surface area contributed by atoms with E-state index in [0.29, 0.717) is 16.6 Å². The van der Waals surface area contributed by atoms with E-state index >= 15 is 0 Å². The summed E-state index contributed by atoms with van der Waals surface area (Å²) in [4.78, 5) is 32.9. The molecule has 7 heteroatoms. The number of pyridine rings is 1. The second-order valence-corrected chi connectivity index (χ2v) is 6.18. The molecule has 0 spiro atoms. The lowest BCUT2D eigenvalue weighted by molar-refractivity contribution is 0.0846. The number of benzene rings is 2. The Morgan fingerprint density at radius 2 is 1.54 bits per heavy atom. The number of nitrogens with one attached hydrogen (secondary N) is 2. The van der Waals surface area contributed by atoms with Gasteiger partial charge in [-0.05, 0) is 49.4 Å². The molecule has 2 N–H and O–H groups in total. The van der Waals surface area contributed by atoms with Crippen molar-refractivity contribution in [1.82, 2.24) is 25.4 Å². The molecule has 28 heavy (non-hydrogen) atoms. The molecule has 2 heterocycles. The van der Waals surface area contributed by atoms with Gasteiger partial charge in [0.1, 0.15) is 5.82 Å². The number of imidazole rings is 1. The second-order valence-electron chi connectivity index (χ2n) is 6.18. The zero-order valence-electron chi connectivity index (χ0n) is 15.1. The highest BCUT2D eigenvalue weighted by molar-refractivity contribution is 6.00. The lowest BCUT2D eigenvalue weighted by atomic mass is 10.2. The topological polar surface area (TPSA) is 88.9 Å². The van der Waals surface area contributed by atoms with E-state index in [1.165, 1.54) is 12.4 Å². The molecular formula is C21H17N5O2. The van der Waals surface area contributed by atoms with E-state index in [0.717, 1.165) is 17.0 Å². The Balaban J connectivity index is 1.55. The average Bonchev–Trinajstić information content (AvgIpc) is 3.07. The summed E-state index contributed by atoms with van der Waals surface area (Å²) < 4.78 is 2.03. The molecular weight excluding hydrogens is 354 g/mol. The number of amides is 2. The maximum Gasteiger partial charge on any atom is 0.269 e. The number of fused-ring (bicyclic) bond motifs is 1. The maximum absolute atomic E-state index is 12.4. The summed E-state index contributed by atoms with van der Waals surface area (Å²) in [6.45, 7) is 1.92. The van der Waals surface area contributed by atoms with E-state index in [9.17, 15) is 9.59 Å². The van der Waals surface area contributed by atoms with Crippen LogP contribution in [0.15, 0.2) is 73.1 Å². The lowest BCUT2D eigenvalue weighted by Gasteiger charge is -2.08. The van der Waals surface area contributed by atoms with E-state index in [1.54, 1.807) is 24.3 Å². The van der Waals surface area contributed by atoms with Crippen molar-refractivity contribution in [2.45, 2.75) is 6.92 Å². The number of para-hydroxylation sites is 1. The normalized spacial score (nSPS) is 10.6. The first-order chi connectivity index (χ1) is 13.6. The van der Waals surface area contributed by atoms with Gasteiger partial charge in [-0.1, -0.05) is 18.2 Å². The highest BCUT2D eigenvalue weighted by atomic mass is 16.2. The number of hydrazine groups is 1. The minimum atomic E-state index is -0.420. The zero-order chi connectivity index (χ0) is 19.5. The van der Waals surface area contributed by atoms with E-state index in [4.69, 9.17) is 0 Å². The molecule has 0 bridgehead atoms. The maximum atomic E-state index is 12.4. The molecule has 0 saturated heterocycles. The summed E-state index contributed by atoms with van der Waals surface area (Å²) in [5.41, 5.74) is 8.24. The molecule has 138 valence electrons. The molecule has 2 aromatic heterocycles. The van der Waals surface area contributed by atoms with Crippen molar-refractivity contribution in [2.75, 3.05) is 0 Å². The van der Waals surface area contributed by atoms with Crippen molar-refractivity contribution >= 4 is 22.8 Å². The van der Waals surface area contributed by atoms with Crippen molar-refractivity contribution in [1.29, 1.82) is 0 Å². The monoisotopic (exact) mass is 371 g/mol. The fraction of sp³-hybridized carbons (Fsp3) is 0.0476. The van der Waals surface area contributed by atoms with Crippen LogP contribution in [-0.2, 0) is 0 Å². The molecule has 0 atom stereocenters. The van der Waals surface area contributed by atoms with Gasteiger partial charge in [-0.25, -0.2) is 4.98 Å². The molecule has 0 aliphatic rings. The number of carbonyl (C=O) groups is 2. The van der Waals surface area contributed by atoms with E-state index in [1.807, 2.05) is 47.9 Å². The number of hydrogen-bond donors (Lipinski definition) is 2. The minimum absolute atomic E-state index is 0.403. The minimum Gasteiger partial charge on any atom is -0.297 e. The molecule has 7 nitrogen and oxygen atoms in total. The van der Waals surface area contributed by atoms with Crippen LogP contribution in [0.2, 0.25) is 0 Å². The molecule has 0 saturated carbocycles. The summed E-state index contributed by atoms with van der Waals surface area (Å²) in [6, 6.07) is 18.3. The van der Waals surface area contributed by atoms with E-state index in [2.05, 4.69) is 20.8 Å². The van der Waals surface area contributed by atoms with Gasteiger partial charge in [-0.3, -0.25) is 30.0 Å². The average molecular weight is 371 g/mol. The Morgan fingerprint density at radius 3 is 2.25 bits per heavy atom. The van der Waals surface area contributed by atoms with Gasteiger partial charge in [-0.2, -0.15) is 0 Å². The van der Waals surface area contributed by atoms with Crippen LogP contribution >= 0.6 is 0 Å². The predicted molar refractivity (Wildman–Crippen MR) is 105 cm³/mol. The first kappa shape index (κ1) is 17.4. The molecule has 0 aliphatic heterocycles. The molecule has 2 amide bonds. The lowest BCUT2D eigenvalue weighted by Crippen LogP contribution is -2.41. The summed E-state index contributed by atoms with van der Waals surface area (Å²) in [7, 11) is 0. The molecule has 0 radical (unpaired) electrons. The Labute approximate surface area is 161 Å². The van der Waals surface area contributed by atoms with Crippen LogP contribution in [0.1, 0.15) is 26.5 Å².